The number of hydrogen-bond acceptors (Lipinski definition) is 4. The lowest BCUT2D eigenvalue weighted by atomic mass is 9.82. The first-order chi connectivity index (χ1) is 17.5. The number of aryl methyl sites for hydroxylation is 1. The molecule has 1 saturated heterocycles. The van der Waals surface area contributed by atoms with Gasteiger partial charge in [0.2, 0.25) is 17.7 Å². The van der Waals surface area contributed by atoms with Crippen LogP contribution in [0.25, 0.3) is 0 Å². The van der Waals surface area contributed by atoms with E-state index >= 15 is 0 Å². The summed E-state index contributed by atoms with van der Waals surface area (Å²) in [5, 5.41) is 5.62. The van der Waals surface area contributed by atoms with Gasteiger partial charge in [-0.3, -0.25) is 14.4 Å². The van der Waals surface area contributed by atoms with E-state index in [1.165, 1.54) is 0 Å². The molecule has 186 valence electrons. The summed E-state index contributed by atoms with van der Waals surface area (Å²) in [6.45, 7) is 2.23. The van der Waals surface area contributed by atoms with Gasteiger partial charge in [0.1, 0.15) is 5.75 Å². The minimum Gasteiger partial charge on any atom is -0.496 e. The fourth-order valence-corrected chi connectivity index (χ4v) is 4.60. The van der Waals surface area contributed by atoms with Crippen molar-refractivity contribution in [2.24, 2.45) is 5.92 Å². The Kier molecular flexibility index (Phi) is 8.00. The van der Waals surface area contributed by atoms with E-state index in [9.17, 15) is 14.4 Å². The molecule has 2 unspecified atom stereocenters. The number of amides is 3. The first-order valence-electron chi connectivity index (χ1n) is 12.1. The average molecular weight is 486 g/mol. The van der Waals surface area contributed by atoms with Crippen LogP contribution in [0.2, 0.25) is 0 Å². The Morgan fingerprint density at radius 2 is 1.64 bits per heavy atom. The molecule has 2 N–H and O–H groups in total. The van der Waals surface area contributed by atoms with Crippen molar-refractivity contribution in [1.82, 2.24) is 10.6 Å². The zero-order valence-corrected chi connectivity index (χ0v) is 20.6. The van der Waals surface area contributed by atoms with Crippen molar-refractivity contribution in [1.29, 1.82) is 0 Å². The van der Waals surface area contributed by atoms with Crippen LogP contribution in [0.4, 0.5) is 5.69 Å². The van der Waals surface area contributed by atoms with Gasteiger partial charge < -0.3 is 20.3 Å². The van der Waals surface area contributed by atoms with E-state index < -0.39 is 12.0 Å². The molecule has 7 heteroatoms. The number of hydrogen-bond donors (Lipinski definition) is 2. The fraction of sp³-hybridized carbons (Fsp3) is 0.276. The van der Waals surface area contributed by atoms with Gasteiger partial charge in [0.25, 0.3) is 0 Å². The van der Waals surface area contributed by atoms with Crippen LogP contribution in [0, 0.1) is 12.8 Å². The molecule has 0 spiro atoms. The molecule has 1 fully saturated rings. The van der Waals surface area contributed by atoms with Gasteiger partial charge in [-0.1, -0.05) is 66.2 Å². The number of piperidine rings is 1. The van der Waals surface area contributed by atoms with E-state index in [0.29, 0.717) is 18.7 Å². The summed E-state index contributed by atoms with van der Waals surface area (Å²) in [4.78, 5) is 40.7. The van der Waals surface area contributed by atoms with Crippen LogP contribution in [0.3, 0.4) is 0 Å². The van der Waals surface area contributed by atoms with E-state index in [1.54, 1.807) is 12.0 Å². The molecular weight excluding hydrogens is 454 g/mol. The molecule has 0 radical (unpaired) electrons. The molecule has 1 aliphatic rings. The van der Waals surface area contributed by atoms with Crippen LogP contribution in [-0.2, 0) is 20.9 Å². The zero-order valence-electron chi connectivity index (χ0n) is 20.6. The number of benzene rings is 3. The molecule has 3 aromatic rings. The summed E-state index contributed by atoms with van der Waals surface area (Å²) < 4.78 is 5.60. The minimum atomic E-state index is -0.572. The zero-order chi connectivity index (χ0) is 25.5. The van der Waals surface area contributed by atoms with Gasteiger partial charge in [-0.2, -0.15) is 0 Å². The van der Waals surface area contributed by atoms with Crippen LogP contribution in [0.5, 0.6) is 5.75 Å². The molecule has 7 nitrogen and oxygen atoms in total. The van der Waals surface area contributed by atoms with E-state index in [-0.39, 0.29) is 30.7 Å². The van der Waals surface area contributed by atoms with Crippen molar-refractivity contribution in [2.45, 2.75) is 32.4 Å². The Balaban J connectivity index is 1.55. The number of nitrogens with zero attached hydrogens (tertiary/aromatic N) is 1. The average Bonchev–Trinajstić information content (AvgIpc) is 2.91. The van der Waals surface area contributed by atoms with Gasteiger partial charge in [-0.05, 0) is 37.1 Å². The third kappa shape index (κ3) is 5.74. The highest BCUT2D eigenvalue weighted by atomic mass is 16.5. The molecule has 2 atom stereocenters. The second kappa shape index (κ2) is 11.5. The second-order valence-corrected chi connectivity index (χ2v) is 8.91. The van der Waals surface area contributed by atoms with Crippen molar-refractivity contribution >= 4 is 23.4 Å². The number of carbonyl (C=O) groups is 3. The molecule has 1 aliphatic heterocycles. The summed E-state index contributed by atoms with van der Waals surface area (Å²) in [6, 6.07) is 24.1. The smallest absolute Gasteiger partial charge is 0.239 e. The summed E-state index contributed by atoms with van der Waals surface area (Å²) in [6.07, 6.45) is 0.610. The van der Waals surface area contributed by atoms with Crippen molar-refractivity contribution in [2.75, 3.05) is 18.6 Å². The van der Waals surface area contributed by atoms with Gasteiger partial charge in [0.05, 0.1) is 25.6 Å². The van der Waals surface area contributed by atoms with E-state index in [0.717, 1.165) is 22.4 Å². The monoisotopic (exact) mass is 485 g/mol. The molecular formula is C29H31N3O4. The molecule has 36 heavy (non-hydrogen) atoms. The third-order valence-electron chi connectivity index (χ3n) is 6.46. The van der Waals surface area contributed by atoms with Crippen molar-refractivity contribution < 1.29 is 19.1 Å². The SMILES string of the molecule is COc1ccccc1C1C(C(=O)NCC(=O)NCc2ccccc2)CCC(=O)N1c1ccc(C)cc1. The summed E-state index contributed by atoms with van der Waals surface area (Å²) in [7, 11) is 1.58. The molecule has 3 aromatic carbocycles. The van der Waals surface area contributed by atoms with Gasteiger partial charge in [-0.15, -0.1) is 0 Å². The number of carbonyl (C=O) groups excluding carboxylic acids is 3. The summed E-state index contributed by atoms with van der Waals surface area (Å²) in [5.74, 6) is -0.553. The predicted molar refractivity (Wildman–Crippen MR) is 138 cm³/mol. The Bertz CT molecular complexity index is 1210. The van der Waals surface area contributed by atoms with Crippen LogP contribution in [-0.4, -0.2) is 31.4 Å². The fourth-order valence-electron chi connectivity index (χ4n) is 4.60. The lowest BCUT2D eigenvalue weighted by Gasteiger charge is -2.41. The van der Waals surface area contributed by atoms with Gasteiger partial charge >= 0.3 is 0 Å². The normalized spacial score (nSPS) is 17.4. The largest absolute Gasteiger partial charge is 0.496 e. The van der Waals surface area contributed by atoms with Gasteiger partial charge in [0.15, 0.2) is 0 Å². The molecule has 1 heterocycles. The molecule has 3 amide bonds. The minimum absolute atomic E-state index is 0.0561. The van der Waals surface area contributed by atoms with Crippen LogP contribution >= 0.6 is 0 Å². The Hall–Kier alpha value is -4.13. The standard InChI is InChI=1S/C29H31N3O4/c1-20-12-14-22(15-13-20)32-27(34)17-16-24(28(32)23-10-6-7-11-25(23)36-2)29(35)31-19-26(33)30-18-21-8-4-3-5-9-21/h3-15,24,28H,16-19H2,1-2H3,(H,30,33)(H,31,35). The maximum absolute atomic E-state index is 13.4. The van der Waals surface area contributed by atoms with Gasteiger partial charge in [0, 0.05) is 24.2 Å². The summed E-state index contributed by atoms with van der Waals surface area (Å²) >= 11 is 0. The van der Waals surface area contributed by atoms with E-state index in [4.69, 9.17) is 4.74 Å². The number of anilines is 1. The molecule has 4 rings (SSSR count). The Morgan fingerprint density at radius 1 is 0.944 bits per heavy atom. The highest BCUT2D eigenvalue weighted by molar-refractivity contribution is 5.98. The molecule has 0 bridgehead atoms. The second-order valence-electron chi connectivity index (χ2n) is 8.91. The van der Waals surface area contributed by atoms with Gasteiger partial charge in [-0.25, -0.2) is 0 Å². The summed E-state index contributed by atoms with van der Waals surface area (Å²) in [5.41, 5.74) is 3.53. The lowest BCUT2D eigenvalue weighted by molar-refractivity contribution is -0.131. The topological polar surface area (TPSA) is 87.7 Å². The number of para-hydroxylation sites is 1. The van der Waals surface area contributed by atoms with Crippen molar-refractivity contribution in [3.05, 3.63) is 95.6 Å². The Labute approximate surface area is 211 Å². The van der Waals surface area contributed by atoms with Crippen LogP contribution in [0.1, 0.15) is 35.6 Å². The first kappa shape index (κ1) is 25.0. The Morgan fingerprint density at radius 3 is 2.36 bits per heavy atom. The van der Waals surface area contributed by atoms with E-state index in [1.807, 2.05) is 85.8 Å². The van der Waals surface area contributed by atoms with Crippen LogP contribution < -0.4 is 20.3 Å². The number of nitrogens with one attached hydrogen (secondary N) is 2. The third-order valence-corrected chi connectivity index (χ3v) is 6.46. The highest BCUT2D eigenvalue weighted by Gasteiger charge is 2.42. The van der Waals surface area contributed by atoms with Crippen molar-refractivity contribution in [3.63, 3.8) is 0 Å². The predicted octanol–water partition coefficient (Wildman–Crippen LogP) is 3.92. The first-order valence-corrected chi connectivity index (χ1v) is 12.1. The molecule has 0 aliphatic carbocycles. The quantitative estimate of drug-likeness (QED) is 0.506. The van der Waals surface area contributed by atoms with Crippen molar-refractivity contribution in [3.8, 4) is 5.75 Å². The van der Waals surface area contributed by atoms with E-state index in [2.05, 4.69) is 10.6 Å². The number of ether oxygens (including phenoxy) is 1. The maximum atomic E-state index is 13.4. The molecule has 0 saturated carbocycles. The number of methoxy groups -OCH3 is 1. The number of rotatable bonds is 8. The molecule has 0 aromatic heterocycles. The van der Waals surface area contributed by atoms with Crippen LogP contribution in [0.15, 0.2) is 78.9 Å². The lowest BCUT2D eigenvalue weighted by Crippen LogP contribution is -2.49. The highest BCUT2D eigenvalue weighted by Crippen LogP contribution is 2.43. The maximum Gasteiger partial charge on any atom is 0.239 e.